The van der Waals surface area contributed by atoms with E-state index in [0.29, 0.717) is 49.0 Å². The Morgan fingerprint density at radius 3 is 2.81 bits per heavy atom. The molecular weight excluding hydrogens is 555 g/mol. The van der Waals surface area contributed by atoms with E-state index in [2.05, 4.69) is 27.0 Å². The average Bonchev–Trinajstić information content (AvgIpc) is 3.53. The van der Waals surface area contributed by atoms with Gasteiger partial charge in [0.1, 0.15) is 17.3 Å². The predicted octanol–water partition coefficient (Wildman–Crippen LogP) is 7.22. The third-order valence-electron chi connectivity index (χ3n) is 7.92. The van der Waals surface area contributed by atoms with Crippen molar-refractivity contribution >= 4 is 39.2 Å². The minimum Gasteiger partial charge on any atom is -0.493 e. The number of hydrogen-bond acceptors (Lipinski definition) is 5. The molecule has 0 fully saturated rings. The van der Waals surface area contributed by atoms with Crippen LogP contribution in [0.1, 0.15) is 54.1 Å². The van der Waals surface area contributed by atoms with E-state index in [1.807, 2.05) is 37.3 Å². The second-order valence-electron chi connectivity index (χ2n) is 10.5. The third kappa shape index (κ3) is 5.14. The molecule has 0 aliphatic carbocycles. The van der Waals surface area contributed by atoms with Crippen LogP contribution in [0, 0.1) is 5.82 Å². The summed E-state index contributed by atoms with van der Waals surface area (Å²) in [6, 6.07) is 14.3. The van der Waals surface area contributed by atoms with Crippen molar-refractivity contribution in [1.29, 1.82) is 0 Å². The van der Waals surface area contributed by atoms with Gasteiger partial charge in [-0.2, -0.15) is 5.10 Å². The monoisotopic (exact) mass is 588 g/mol. The molecule has 0 saturated heterocycles. The van der Waals surface area contributed by atoms with Gasteiger partial charge in [-0.25, -0.2) is 9.18 Å². The topological polar surface area (TPSA) is 81.2 Å². The first-order valence-electron chi connectivity index (χ1n) is 14.6. The lowest BCUT2D eigenvalue weighted by atomic mass is 9.97. The molecule has 0 spiro atoms. The quantitative estimate of drug-likeness (QED) is 0.148. The van der Waals surface area contributed by atoms with E-state index < -0.39 is 0 Å². The van der Waals surface area contributed by atoms with Crippen molar-refractivity contribution in [3.05, 3.63) is 82.0 Å². The maximum atomic E-state index is 13.7. The van der Waals surface area contributed by atoms with Gasteiger partial charge in [-0.05, 0) is 80.4 Å². The van der Waals surface area contributed by atoms with E-state index in [-0.39, 0.29) is 18.4 Å². The number of halogens is 2. The fourth-order valence-corrected chi connectivity index (χ4v) is 6.34. The first kappa shape index (κ1) is 28.2. The van der Waals surface area contributed by atoms with E-state index in [0.717, 1.165) is 69.1 Å². The Morgan fingerprint density at radius 2 is 1.98 bits per heavy atom. The maximum absolute atomic E-state index is 13.7. The molecule has 0 amide bonds. The molecule has 0 saturated carbocycles. The summed E-state index contributed by atoms with van der Waals surface area (Å²) in [5.41, 5.74) is 6.26. The zero-order valence-electron chi connectivity index (χ0n) is 23.9. The van der Waals surface area contributed by atoms with Crippen molar-refractivity contribution < 1.29 is 18.7 Å². The number of carbonyl (C=O) groups is 1. The lowest BCUT2D eigenvalue weighted by molar-refractivity contribution is 0.0512. The van der Waals surface area contributed by atoms with Crippen molar-refractivity contribution in [2.45, 2.75) is 52.6 Å². The first-order valence-corrected chi connectivity index (χ1v) is 15.0. The average molecular weight is 589 g/mol. The van der Waals surface area contributed by atoms with Gasteiger partial charge in [0.05, 0.1) is 35.1 Å². The Bertz CT molecular complexity index is 1780. The van der Waals surface area contributed by atoms with Crippen molar-refractivity contribution in [3.8, 4) is 16.9 Å². The number of nitrogens with zero attached hydrogens (tertiary/aromatic N) is 2. The van der Waals surface area contributed by atoms with Gasteiger partial charge < -0.3 is 19.4 Å². The van der Waals surface area contributed by atoms with Crippen LogP contribution in [0.5, 0.6) is 5.75 Å². The highest BCUT2D eigenvalue weighted by molar-refractivity contribution is 6.35. The van der Waals surface area contributed by atoms with Gasteiger partial charge in [-0.1, -0.05) is 36.7 Å². The zero-order valence-corrected chi connectivity index (χ0v) is 24.6. The molecule has 5 aromatic rings. The number of hydrogen-bond donors (Lipinski definition) is 2. The van der Waals surface area contributed by atoms with Crippen LogP contribution in [0.15, 0.2) is 48.5 Å². The van der Waals surface area contributed by atoms with E-state index >= 15 is 0 Å². The van der Waals surface area contributed by atoms with Crippen LogP contribution in [-0.2, 0) is 30.7 Å². The molecule has 1 aliphatic rings. The van der Waals surface area contributed by atoms with Crippen molar-refractivity contribution in [3.63, 3.8) is 0 Å². The van der Waals surface area contributed by atoms with E-state index in [1.165, 1.54) is 12.1 Å². The number of rotatable bonds is 8. The molecule has 6 rings (SSSR count). The Morgan fingerprint density at radius 1 is 1.12 bits per heavy atom. The van der Waals surface area contributed by atoms with Gasteiger partial charge >= 0.3 is 5.97 Å². The Labute approximate surface area is 249 Å². The fourth-order valence-electron chi connectivity index (χ4n) is 6.10. The minimum atomic E-state index is -0.337. The summed E-state index contributed by atoms with van der Waals surface area (Å²) in [6.07, 6.45) is 2.85. The first-order chi connectivity index (χ1) is 20.5. The summed E-state index contributed by atoms with van der Waals surface area (Å²) in [5.74, 6) is 0.0951. The molecular formula is C33H34ClFN4O3. The number of esters is 1. The largest absolute Gasteiger partial charge is 0.493 e. The lowest BCUT2D eigenvalue weighted by Gasteiger charge is -2.17. The molecule has 2 N–H and O–H groups in total. The Balaban J connectivity index is 1.42. The summed E-state index contributed by atoms with van der Waals surface area (Å²) < 4.78 is 27.6. The minimum absolute atomic E-state index is 0.276. The van der Waals surface area contributed by atoms with E-state index in [9.17, 15) is 9.18 Å². The Kier molecular flexibility index (Phi) is 8.18. The van der Waals surface area contributed by atoms with Crippen molar-refractivity contribution in [2.24, 2.45) is 0 Å². The smallest absolute Gasteiger partial charge is 0.355 e. The van der Waals surface area contributed by atoms with Gasteiger partial charge in [0.15, 0.2) is 0 Å². The standard InChI is InChI=1S/C33H34ClFN4O3/c1-3-26-30-27(38-37-26)19-36-15-7-16-39-31-24(13-14-25(34)29(30)31)23(32(39)33(40)41-4-2)9-6-17-42-28-10-5-8-20-18-21(35)11-12-22(20)28/h5,8,10-14,18,36H,3-4,6-7,9,15-17,19H2,1-2H3,(H,37,38). The number of ether oxygens (including phenoxy) is 2. The number of H-pyrrole nitrogens is 1. The number of carbonyl (C=O) groups excluding carboxylic acids is 1. The van der Waals surface area contributed by atoms with Crippen LogP contribution in [0.3, 0.4) is 0 Å². The number of aromatic amines is 1. The number of benzene rings is 3. The predicted molar refractivity (Wildman–Crippen MR) is 164 cm³/mol. The SMILES string of the molecule is CCOC(=O)c1c(CCCOc2cccc3cc(F)ccc23)c2ccc(Cl)c3c2n1CCCNCc1[nH]nc(CC)c1-3. The molecule has 7 nitrogen and oxygen atoms in total. The molecule has 42 heavy (non-hydrogen) atoms. The molecule has 3 heterocycles. The number of aryl methyl sites for hydroxylation is 3. The number of fused-ring (bicyclic) bond motifs is 3. The van der Waals surface area contributed by atoms with E-state index in [1.54, 1.807) is 6.07 Å². The second kappa shape index (κ2) is 12.2. The molecule has 2 aromatic heterocycles. The van der Waals surface area contributed by atoms with Crippen LogP contribution in [0.2, 0.25) is 5.02 Å². The number of aromatic nitrogens is 3. The molecule has 218 valence electrons. The molecule has 0 radical (unpaired) electrons. The van der Waals surface area contributed by atoms with Crippen LogP contribution in [0.25, 0.3) is 32.8 Å². The highest BCUT2D eigenvalue weighted by Crippen LogP contribution is 2.42. The molecule has 0 atom stereocenters. The zero-order chi connectivity index (χ0) is 29.2. The van der Waals surface area contributed by atoms with Crippen LogP contribution < -0.4 is 10.1 Å². The van der Waals surface area contributed by atoms with E-state index in [4.69, 9.17) is 21.1 Å². The summed E-state index contributed by atoms with van der Waals surface area (Å²) >= 11 is 6.96. The molecule has 0 unspecified atom stereocenters. The van der Waals surface area contributed by atoms with Gasteiger partial charge in [0.25, 0.3) is 0 Å². The van der Waals surface area contributed by atoms with Crippen LogP contribution in [0.4, 0.5) is 4.39 Å². The molecule has 0 bridgehead atoms. The third-order valence-corrected chi connectivity index (χ3v) is 8.23. The van der Waals surface area contributed by atoms with Crippen LogP contribution in [-0.4, -0.2) is 40.5 Å². The van der Waals surface area contributed by atoms with Crippen molar-refractivity contribution in [1.82, 2.24) is 20.1 Å². The van der Waals surface area contributed by atoms with Gasteiger partial charge in [-0.3, -0.25) is 5.10 Å². The van der Waals surface area contributed by atoms with Gasteiger partial charge in [-0.15, -0.1) is 0 Å². The Hall–Kier alpha value is -3.88. The summed E-state index contributed by atoms with van der Waals surface area (Å²) in [6.45, 7) is 6.71. The second-order valence-corrected chi connectivity index (χ2v) is 10.9. The lowest BCUT2D eigenvalue weighted by Crippen LogP contribution is -2.20. The summed E-state index contributed by atoms with van der Waals surface area (Å²) in [7, 11) is 0. The summed E-state index contributed by atoms with van der Waals surface area (Å²) in [5, 5.41) is 14.6. The van der Waals surface area contributed by atoms with Gasteiger partial charge in [0.2, 0.25) is 0 Å². The van der Waals surface area contributed by atoms with Gasteiger partial charge in [0, 0.05) is 35.0 Å². The van der Waals surface area contributed by atoms with Crippen molar-refractivity contribution in [2.75, 3.05) is 19.8 Å². The highest BCUT2D eigenvalue weighted by Gasteiger charge is 2.29. The molecule has 1 aliphatic heterocycles. The summed E-state index contributed by atoms with van der Waals surface area (Å²) in [4.78, 5) is 13.6. The highest BCUT2D eigenvalue weighted by atomic mass is 35.5. The maximum Gasteiger partial charge on any atom is 0.355 e. The number of nitrogens with one attached hydrogen (secondary N) is 2. The molecule has 3 aromatic carbocycles. The van der Waals surface area contributed by atoms with Crippen LogP contribution >= 0.6 is 11.6 Å². The fraction of sp³-hybridized carbons (Fsp3) is 0.333. The molecule has 9 heteroatoms. The normalized spacial score (nSPS) is 13.3.